The van der Waals surface area contributed by atoms with Gasteiger partial charge >= 0.3 is 5.97 Å². The molecule has 0 bridgehead atoms. The zero-order valence-corrected chi connectivity index (χ0v) is 11.0. The number of carboxylic acid groups (broad SMARTS) is 1. The van der Waals surface area contributed by atoms with Crippen LogP contribution in [-0.4, -0.2) is 54.4 Å². The summed E-state index contributed by atoms with van der Waals surface area (Å²) in [5.74, 6) is -2.04. The van der Waals surface area contributed by atoms with Crippen LogP contribution in [0.4, 0.5) is 0 Å². The van der Waals surface area contributed by atoms with Crippen molar-refractivity contribution >= 4 is 21.7 Å². The maximum Gasteiger partial charge on any atom is 0.307 e. The van der Waals surface area contributed by atoms with E-state index < -0.39 is 27.6 Å². The molecule has 7 heteroatoms. The van der Waals surface area contributed by atoms with E-state index in [9.17, 15) is 18.0 Å². The highest BCUT2D eigenvalue weighted by atomic mass is 32.2. The Kier molecular flexibility index (Phi) is 3.35. The third-order valence-corrected chi connectivity index (χ3v) is 5.45. The molecule has 1 saturated carbocycles. The molecule has 1 saturated heterocycles. The number of amides is 1. The van der Waals surface area contributed by atoms with E-state index >= 15 is 0 Å². The summed E-state index contributed by atoms with van der Waals surface area (Å²) in [6.45, 7) is 2.23. The molecule has 1 N–H and O–H groups in total. The Labute approximate surface area is 106 Å². The summed E-state index contributed by atoms with van der Waals surface area (Å²) in [4.78, 5) is 24.4. The lowest BCUT2D eigenvalue weighted by atomic mass is 10.2. The van der Waals surface area contributed by atoms with Gasteiger partial charge in [0.15, 0.2) is 9.84 Å². The van der Waals surface area contributed by atoms with Crippen LogP contribution >= 0.6 is 0 Å². The first-order valence-corrected chi connectivity index (χ1v) is 7.91. The minimum Gasteiger partial charge on any atom is -0.481 e. The van der Waals surface area contributed by atoms with Gasteiger partial charge in [-0.15, -0.1) is 0 Å². The molecule has 1 aliphatic carbocycles. The first-order chi connectivity index (χ1) is 8.35. The molecule has 2 rings (SSSR count). The fourth-order valence-electron chi connectivity index (χ4n) is 2.57. The molecular formula is C11H17NO5S. The monoisotopic (exact) mass is 275 g/mol. The van der Waals surface area contributed by atoms with Crippen molar-refractivity contribution in [1.29, 1.82) is 0 Å². The number of rotatable bonds is 4. The van der Waals surface area contributed by atoms with Crippen LogP contribution in [0.15, 0.2) is 0 Å². The van der Waals surface area contributed by atoms with E-state index in [-0.39, 0.29) is 23.5 Å². The number of sulfone groups is 1. The number of hydrogen-bond donors (Lipinski definition) is 1. The molecule has 0 aromatic heterocycles. The zero-order chi connectivity index (χ0) is 13.5. The van der Waals surface area contributed by atoms with Crippen LogP contribution in [0.25, 0.3) is 0 Å². The van der Waals surface area contributed by atoms with Gasteiger partial charge in [-0.2, -0.15) is 0 Å². The SMILES string of the molecule is CCN(C(=O)C1CC1C(=O)O)C1CCS(=O)(=O)C1. The van der Waals surface area contributed by atoms with Crippen molar-refractivity contribution < 1.29 is 23.1 Å². The molecular weight excluding hydrogens is 258 g/mol. The summed E-state index contributed by atoms with van der Waals surface area (Å²) in [5, 5.41) is 8.81. The van der Waals surface area contributed by atoms with E-state index in [1.165, 1.54) is 4.90 Å². The maximum atomic E-state index is 12.1. The Hall–Kier alpha value is -1.11. The minimum atomic E-state index is -3.03. The molecule has 102 valence electrons. The summed E-state index contributed by atoms with van der Waals surface area (Å²) in [6.07, 6.45) is 0.844. The van der Waals surface area contributed by atoms with Crippen LogP contribution in [0.3, 0.4) is 0 Å². The van der Waals surface area contributed by atoms with Crippen molar-refractivity contribution in [2.24, 2.45) is 11.8 Å². The largest absolute Gasteiger partial charge is 0.481 e. The van der Waals surface area contributed by atoms with Crippen molar-refractivity contribution in [3.8, 4) is 0 Å². The Bertz CT molecular complexity index is 472. The van der Waals surface area contributed by atoms with Crippen LogP contribution in [0.2, 0.25) is 0 Å². The molecule has 0 aromatic carbocycles. The number of aliphatic carboxylic acids is 1. The predicted molar refractivity (Wildman–Crippen MR) is 63.7 cm³/mol. The molecule has 1 amide bonds. The summed E-state index contributed by atoms with van der Waals surface area (Å²) in [6, 6.07) is -0.275. The van der Waals surface area contributed by atoms with E-state index in [4.69, 9.17) is 5.11 Å². The van der Waals surface area contributed by atoms with Gasteiger partial charge in [0.05, 0.1) is 23.3 Å². The number of nitrogens with zero attached hydrogens (tertiary/aromatic N) is 1. The molecule has 2 aliphatic rings. The highest BCUT2D eigenvalue weighted by molar-refractivity contribution is 7.91. The standard InChI is InChI=1S/C11H17NO5S/c1-2-12(7-3-4-18(16,17)6-7)10(13)8-5-9(8)11(14)15/h7-9H,2-6H2,1H3,(H,14,15). The van der Waals surface area contributed by atoms with E-state index in [1.54, 1.807) is 6.92 Å². The average Bonchev–Trinajstić information content (AvgIpc) is 3.00. The van der Waals surface area contributed by atoms with Gasteiger partial charge < -0.3 is 10.0 Å². The molecule has 0 aromatic rings. The molecule has 1 aliphatic heterocycles. The van der Waals surface area contributed by atoms with Gasteiger partial charge in [0.1, 0.15) is 0 Å². The Morgan fingerprint density at radius 3 is 2.39 bits per heavy atom. The lowest BCUT2D eigenvalue weighted by Gasteiger charge is -2.27. The van der Waals surface area contributed by atoms with Crippen LogP contribution in [-0.2, 0) is 19.4 Å². The predicted octanol–water partition coefficient (Wildman–Crippen LogP) is -0.257. The molecule has 3 unspecified atom stereocenters. The first kappa shape index (κ1) is 13.3. The molecule has 1 heterocycles. The molecule has 2 fully saturated rings. The van der Waals surface area contributed by atoms with Gasteiger partial charge in [-0.3, -0.25) is 9.59 Å². The fraction of sp³-hybridized carbons (Fsp3) is 0.818. The maximum absolute atomic E-state index is 12.1. The first-order valence-electron chi connectivity index (χ1n) is 6.09. The van der Waals surface area contributed by atoms with Crippen LogP contribution in [0, 0.1) is 11.8 Å². The molecule has 0 radical (unpaired) electrons. The van der Waals surface area contributed by atoms with Crippen molar-refractivity contribution in [1.82, 2.24) is 4.90 Å². The van der Waals surface area contributed by atoms with Gasteiger partial charge in [-0.25, -0.2) is 8.42 Å². The zero-order valence-electron chi connectivity index (χ0n) is 10.2. The van der Waals surface area contributed by atoms with Crippen molar-refractivity contribution in [2.45, 2.75) is 25.8 Å². The summed E-state index contributed by atoms with van der Waals surface area (Å²) in [7, 11) is -3.03. The Morgan fingerprint density at radius 2 is 2.00 bits per heavy atom. The average molecular weight is 275 g/mol. The topological polar surface area (TPSA) is 91.8 Å². The van der Waals surface area contributed by atoms with Gasteiger partial charge in [0.25, 0.3) is 0 Å². The van der Waals surface area contributed by atoms with E-state index in [2.05, 4.69) is 0 Å². The van der Waals surface area contributed by atoms with E-state index in [1.807, 2.05) is 0 Å². The summed E-state index contributed by atoms with van der Waals surface area (Å²) in [5.41, 5.74) is 0. The smallest absolute Gasteiger partial charge is 0.307 e. The van der Waals surface area contributed by atoms with Crippen LogP contribution in [0.5, 0.6) is 0 Å². The normalized spacial score (nSPS) is 33.1. The van der Waals surface area contributed by atoms with Gasteiger partial charge in [-0.05, 0) is 19.8 Å². The highest BCUT2D eigenvalue weighted by Gasteiger charge is 2.51. The molecule has 6 nitrogen and oxygen atoms in total. The lowest BCUT2D eigenvalue weighted by Crippen LogP contribution is -2.42. The lowest BCUT2D eigenvalue weighted by molar-refractivity contribution is -0.142. The van der Waals surface area contributed by atoms with Crippen molar-refractivity contribution in [3.63, 3.8) is 0 Å². The number of carbonyl (C=O) groups excluding carboxylic acids is 1. The number of carboxylic acids is 1. The Morgan fingerprint density at radius 1 is 1.33 bits per heavy atom. The number of carbonyl (C=O) groups is 2. The third-order valence-electron chi connectivity index (χ3n) is 3.70. The summed E-state index contributed by atoms with van der Waals surface area (Å²) < 4.78 is 22.8. The van der Waals surface area contributed by atoms with Crippen molar-refractivity contribution in [3.05, 3.63) is 0 Å². The number of hydrogen-bond acceptors (Lipinski definition) is 4. The second-order valence-corrected chi connectivity index (χ2v) is 7.20. The van der Waals surface area contributed by atoms with E-state index in [0.717, 1.165) is 0 Å². The summed E-state index contributed by atoms with van der Waals surface area (Å²) >= 11 is 0. The van der Waals surface area contributed by atoms with Gasteiger partial charge in [0, 0.05) is 12.6 Å². The van der Waals surface area contributed by atoms with Gasteiger partial charge in [-0.1, -0.05) is 0 Å². The van der Waals surface area contributed by atoms with Crippen LogP contribution < -0.4 is 0 Å². The third kappa shape index (κ3) is 2.50. The fourth-order valence-corrected chi connectivity index (χ4v) is 4.30. The van der Waals surface area contributed by atoms with Crippen molar-refractivity contribution in [2.75, 3.05) is 18.1 Å². The quantitative estimate of drug-likeness (QED) is 0.763. The second kappa shape index (κ2) is 4.53. The molecule has 3 atom stereocenters. The highest BCUT2D eigenvalue weighted by Crippen LogP contribution is 2.40. The van der Waals surface area contributed by atoms with Crippen LogP contribution in [0.1, 0.15) is 19.8 Å². The van der Waals surface area contributed by atoms with E-state index in [0.29, 0.717) is 19.4 Å². The second-order valence-electron chi connectivity index (χ2n) is 4.97. The minimum absolute atomic E-state index is 0.0110. The molecule has 0 spiro atoms. The molecule has 18 heavy (non-hydrogen) atoms. The Balaban J connectivity index is 2.02. The van der Waals surface area contributed by atoms with Gasteiger partial charge in [0.2, 0.25) is 5.91 Å².